The van der Waals surface area contributed by atoms with Crippen molar-refractivity contribution in [3.63, 3.8) is 0 Å². The van der Waals surface area contributed by atoms with Gasteiger partial charge in [0.05, 0.1) is 12.3 Å². The van der Waals surface area contributed by atoms with Crippen molar-refractivity contribution in [3.05, 3.63) is 60.2 Å². The number of imidazole rings is 1. The zero-order valence-electron chi connectivity index (χ0n) is 10.1. The van der Waals surface area contributed by atoms with Gasteiger partial charge in [-0.25, -0.2) is 4.98 Å². The molecule has 86 valence electrons. The van der Waals surface area contributed by atoms with E-state index in [-0.39, 0.29) is 29.6 Å². The predicted molar refractivity (Wildman–Crippen MR) is 61.8 cm³/mol. The molecule has 4 nitrogen and oxygen atoms in total. The molecule has 2 aromatic rings. The normalized spacial score (nSPS) is 10.2. The van der Waals surface area contributed by atoms with E-state index >= 15 is 0 Å². The third kappa shape index (κ3) is 4.49. The van der Waals surface area contributed by atoms with E-state index in [4.69, 9.17) is 0 Å². The Labute approximate surface area is 127 Å². The van der Waals surface area contributed by atoms with E-state index in [0.717, 1.165) is 23.7 Å². The van der Waals surface area contributed by atoms with E-state index in [1.807, 2.05) is 35.0 Å². The van der Waals surface area contributed by atoms with Gasteiger partial charge < -0.3 is 14.5 Å². The average Bonchev–Trinajstić information content (AvgIpc) is 2.81. The van der Waals surface area contributed by atoms with Gasteiger partial charge in [0, 0.05) is 18.9 Å². The van der Waals surface area contributed by atoms with Gasteiger partial charge in [-0.1, -0.05) is 30.3 Å². The van der Waals surface area contributed by atoms with Crippen LogP contribution in [0.4, 0.5) is 0 Å². The maximum absolute atomic E-state index is 10.2. The molecular weight excluding hydrogens is 239 g/mol. The molecule has 0 unspecified atom stereocenters. The van der Waals surface area contributed by atoms with Crippen LogP contribution in [-0.2, 0) is 11.3 Å². The fourth-order valence-electron chi connectivity index (χ4n) is 1.49. The van der Waals surface area contributed by atoms with E-state index in [2.05, 4.69) is 4.98 Å². The standard InChI is InChI=1S/C13H12N2O2.Na/c16-13(17)6-5-11-1-3-12(4-2-11)9-15-8-7-14-10-15;/h1-8,10H,9H2,(H,16,17);/q;+1/p-1/b6-5-;. The molecule has 0 aliphatic heterocycles. The molecule has 0 fully saturated rings. The van der Waals surface area contributed by atoms with Gasteiger partial charge in [-0.05, 0) is 17.2 Å². The summed E-state index contributed by atoms with van der Waals surface area (Å²) in [5.41, 5.74) is 1.97. The summed E-state index contributed by atoms with van der Waals surface area (Å²) in [6.07, 6.45) is 7.91. The molecule has 0 spiro atoms. The molecule has 1 aromatic carbocycles. The van der Waals surface area contributed by atoms with Crippen LogP contribution in [0.2, 0.25) is 0 Å². The zero-order valence-corrected chi connectivity index (χ0v) is 12.1. The largest absolute Gasteiger partial charge is 1.00 e. The number of nitrogens with zero attached hydrogens (tertiary/aromatic N) is 2. The van der Waals surface area contributed by atoms with Crippen LogP contribution < -0.4 is 34.7 Å². The minimum Gasteiger partial charge on any atom is -0.545 e. The molecule has 0 radical (unpaired) electrons. The maximum atomic E-state index is 10.2. The van der Waals surface area contributed by atoms with Crippen molar-refractivity contribution in [3.8, 4) is 0 Å². The van der Waals surface area contributed by atoms with Crippen LogP contribution in [0.15, 0.2) is 49.1 Å². The molecule has 0 N–H and O–H groups in total. The molecule has 0 amide bonds. The van der Waals surface area contributed by atoms with Gasteiger partial charge in [-0.3, -0.25) is 0 Å². The van der Waals surface area contributed by atoms with Crippen molar-refractivity contribution in [1.82, 2.24) is 9.55 Å². The van der Waals surface area contributed by atoms with Crippen molar-refractivity contribution in [2.45, 2.75) is 6.54 Å². The second-order valence-electron chi connectivity index (χ2n) is 3.63. The van der Waals surface area contributed by atoms with Gasteiger partial charge in [0.1, 0.15) is 0 Å². The smallest absolute Gasteiger partial charge is 0.545 e. The Bertz CT molecular complexity index is 518. The van der Waals surface area contributed by atoms with Gasteiger partial charge in [0.25, 0.3) is 0 Å². The minimum atomic E-state index is -1.19. The Morgan fingerprint density at radius 1 is 1.33 bits per heavy atom. The molecule has 2 rings (SSSR count). The van der Waals surface area contributed by atoms with Gasteiger partial charge in [0.15, 0.2) is 0 Å². The summed E-state index contributed by atoms with van der Waals surface area (Å²) in [6.45, 7) is 0.754. The number of carbonyl (C=O) groups excluding carboxylic acids is 1. The van der Waals surface area contributed by atoms with Crippen molar-refractivity contribution in [2.24, 2.45) is 0 Å². The molecule has 0 aliphatic rings. The van der Waals surface area contributed by atoms with E-state index in [9.17, 15) is 9.90 Å². The number of carbonyl (C=O) groups is 1. The molecule has 0 saturated heterocycles. The van der Waals surface area contributed by atoms with E-state index in [1.54, 1.807) is 12.5 Å². The van der Waals surface area contributed by atoms with E-state index in [0.29, 0.717) is 0 Å². The van der Waals surface area contributed by atoms with Crippen molar-refractivity contribution in [1.29, 1.82) is 0 Å². The number of rotatable bonds is 4. The SMILES string of the molecule is O=C([O-])/C=C\c1ccc(Cn2ccnc2)cc1.[Na+]. The number of hydrogen-bond donors (Lipinski definition) is 0. The number of hydrogen-bond acceptors (Lipinski definition) is 3. The molecule has 0 atom stereocenters. The van der Waals surface area contributed by atoms with Crippen LogP contribution in [0.1, 0.15) is 11.1 Å². The number of carboxylic acids is 1. The quantitative estimate of drug-likeness (QED) is 0.453. The van der Waals surface area contributed by atoms with E-state index in [1.165, 1.54) is 6.08 Å². The third-order valence-corrected chi connectivity index (χ3v) is 2.32. The van der Waals surface area contributed by atoms with Crippen LogP contribution in [0.3, 0.4) is 0 Å². The van der Waals surface area contributed by atoms with Gasteiger partial charge in [0.2, 0.25) is 0 Å². The van der Waals surface area contributed by atoms with Gasteiger partial charge in [-0.15, -0.1) is 0 Å². The first-order chi connectivity index (χ1) is 8.24. The van der Waals surface area contributed by atoms with Crippen molar-refractivity contribution >= 4 is 12.0 Å². The first-order valence-corrected chi connectivity index (χ1v) is 5.18. The predicted octanol–water partition coefficient (Wildman–Crippen LogP) is -2.30. The van der Waals surface area contributed by atoms with Crippen LogP contribution in [0, 0.1) is 0 Å². The van der Waals surface area contributed by atoms with Crippen LogP contribution >= 0.6 is 0 Å². The summed E-state index contributed by atoms with van der Waals surface area (Å²) >= 11 is 0. The first-order valence-electron chi connectivity index (χ1n) is 5.18. The van der Waals surface area contributed by atoms with Crippen LogP contribution in [0.25, 0.3) is 6.08 Å². The molecule has 1 aromatic heterocycles. The second-order valence-corrected chi connectivity index (χ2v) is 3.63. The fourth-order valence-corrected chi connectivity index (χ4v) is 1.49. The minimum absolute atomic E-state index is 0. The average molecular weight is 250 g/mol. The molecule has 0 saturated carbocycles. The maximum Gasteiger partial charge on any atom is 1.00 e. The molecular formula is C13H11N2NaO2. The Balaban J connectivity index is 0.00000162. The summed E-state index contributed by atoms with van der Waals surface area (Å²) in [4.78, 5) is 14.2. The zero-order chi connectivity index (χ0) is 12.1. The second kappa shape index (κ2) is 7.16. The topological polar surface area (TPSA) is 57.9 Å². The summed E-state index contributed by atoms with van der Waals surface area (Å²) < 4.78 is 1.96. The molecule has 18 heavy (non-hydrogen) atoms. The monoisotopic (exact) mass is 250 g/mol. The Morgan fingerprint density at radius 2 is 2.06 bits per heavy atom. The Morgan fingerprint density at radius 3 is 2.61 bits per heavy atom. The van der Waals surface area contributed by atoms with Crippen LogP contribution in [0.5, 0.6) is 0 Å². The molecule has 0 aliphatic carbocycles. The van der Waals surface area contributed by atoms with Crippen LogP contribution in [-0.4, -0.2) is 15.5 Å². The fraction of sp³-hybridized carbons (Fsp3) is 0.0769. The number of carboxylic acid groups (broad SMARTS) is 1. The molecule has 5 heteroatoms. The summed E-state index contributed by atoms with van der Waals surface area (Å²) in [5, 5.41) is 10.2. The number of aliphatic carboxylic acids is 1. The Hall–Kier alpha value is -1.36. The van der Waals surface area contributed by atoms with Crippen molar-refractivity contribution < 1.29 is 39.5 Å². The summed E-state index contributed by atoms with van der Waals surface area (Å²) in [6, 6.07) is 7.64. The number of aromatic nitrogens is 2. The van der Waals surface area contributed by atoms with Gasteiger partial charge in [-0.2, -0.15) is 0 Å². The summed E-state index contributed by atoms with van der Waals surface area (Å²) in [5.74, 6) is -1.19. The van der Waals surface area contributed by atoms with E-state index < -0.39 is 5.97 Å². The Kier molecular flexibility index (Phi) is 5.85. The number of benzene rings is 1. The first kappa shape index (κ1) is 14.7. The molecule has 0 bridgehead atoms. The third-order valence-electron chi connectivity index (χ3n) is 2.32. The summed E-state index contributed by atoms with van der Waals surface area (Å²) in [7, 11) is 0. The van der Waals surface area contributed by atoms with Gasteiger partial charge >= 0.3 is 29.6 Å². The van der Waals surface area contributed by atoms with Crippen molar-refractivity contribution in [2.75, 3.05) is 0 Å². The molecule has 1 heterocycles.